The van der Waals surface area contributed by atoms with Crippen molar-refractivity contribution in [3.63, 3.8) is 0 Å². The molecule has 0 aromatic heterocycles. The summed E-state index contributed by atoms with van der Waals surface area (Å²) in [5.74, 6) is 0.458. The summed E-state index contributed by atoms with van der Waals surface area (Å²) in [6, 6.07) is 11.9. The number of rotatable bonds is 10. The van der Waals surface area contributed by atoms with Gasteiger partial charge in [-0.1, -0.05) is 60.1 Å². The van der Waals surface area contributed by atoms with Crippen LogP contribution in [0.25, 0.3) is 0 Å². The predicted octanol–water partition coefficient (Wildman–Crippen LogP) is 6.67. The monoisotopic (exact) mass is 524 g/mol. The Kier molecular flexibility index (Phi) is 10.4. The highest BCUT2D eigenvalue weighted by Crippen LogP contribution is 2.24. The fourth-order valence-electron chi connectivity index (χ4n) is 4.07. The van der Waals surface area contributed by atoms with Gasteiger partial charge in [-0.05, 0) is 68.1 Å². The molecule has 1 aliphatic carbocycles. The number of hydrogen-bond acceptors (Lipinski definition) is 3. The third-order valence-electron chi connectivity index (χ3n) is 6.07. The van der Waals surface area contributed by atoms with Gasteiger partial charge in [-0.15, -0.1) is 0 Å². The molecule has 2 amide bonds. The van der Waals surface area contributed by atoms with Crippen molar-refractivity contribution in [2.45, 2.75) is 70.5 Å². The molecule has 0 heterocycles. The first-order valence-electron chi connectivity index (χ1n) is 11.8. The highest BCUT2D eigenvalue weighted by Gasteiger charge is 2.28. The summed E-state index contributed by atoms with van der Waals surface area (Å²) in [6.45, 7) is 2.43. The van der Waals surface area contributed by atoms with E-state index in [1.165, 1.54) is 6.42 Å². The Balaban J connectivity index is 1.62. The number of halogens is 3. The van der Waals surface area contributed by atoms with Crippen LogP contribution < -0.4 is 10.1 Å². The SMILES string of the molecule is C[C@H](C(=O)NC1CCCCC1)N(Cc1ccc(Cl)c(Cl)c1)C(=O)CCCOc1ccc(Cl)cc1. The molecule has 1 atom stereocenters. The van der Waals surface area contributed by atoms with Crippen LogP contribution in [0.1, 0.15) is 57.4 Å². The molecule has 0 spiro atoms. The molecule has 0 bridgehead atoms. The number of carbonyl (C=O) groups is 2. The molecule has 8 heteroatoms. The van der Waals surface area contributed by atoms with Gasteiger partial charge in [-0.2, -0.15) is 0 Å². The van der Waals surface area contributed by atoms with Gasteiger partial charge in [0, 0.05) is 24.0 Å². The van der Waals surface area contributed by atoms with E-state index in [-0.39, 0.29) is 30.8 Å². The molecule has 184 valence electrons. The lowest BCUT2D eigenvalue weighted by molar-refractivity contribution is -0.141. The highest BCUT2D eigenvalue weighted by atomic mass is 35.5. The number of benzene rings is 2. The molecule has 1 N–H and O–H groups in total. The van der Waals surface area contributed by atoms with Crippen LogP contribution in [0.2, 0.25) is 15.1 Å². The summed E-state index contributed by atoms with van der Waals surface area (Å²) in [4.78, 5) is 27.8. The molecule has 0 radical (unpaired) electrons. The van der Waals surface area contributed by atoms with Crippen LogP contribution in [-0.4, -0.2) is 35.4 Å². The number of nitrogens with zero attached hydrogens (tertiary/aromatic N) is 1. The van der Waals surface area contributed by atoms with Crippen LogP contribution >= 0.6 is 34.8 Å². The molecule has 1 saturated carbocycles. The normalized spacial score (nSPS) is 14.9. The molecule has 1 fully saturated rings. The van der Waals surface area contributed by atoms with Crippen molar-refractivity contribution in [1.82, 2.24) is 10.2 Å². The number of hydrogen-bond donors (Lipinski definition) is 1. The summed E-state index contributed by atoms with van der Waals surface area (Å²) in [5.41, 5.74) is 0.817. The Hall–Kier alpha value is -1.95. The van der Waals surface area contributed by atoms with Gasteiger partial charge in [0.05, 0.1) is 16.7 Å². The average Bonchev–Trinajstić information content (AvgIpc) is 2.83. The van der Waals surface area contributed by atoms with Crippen LogP contribution in [0.5, 0.6) is 5.75 Å². The topological polar surface area (TPSA) is 58.6 Å². The minimum atomic E-state index is -0.610. The Bertz CT molecular complexity index is 962. The molecular weight excluding hydrogens is 495 g/mol. The van der Waals surface area contributed by atoms with Crippen molar-refractivity contribution in [3.8, 4) is 5.75 Å². The van der Waals surface area contributed by atoms with Crippen molar-refractivity contribution in [1.29, 1.82) is 0 Å². The maximum atomic E-state index is 13.2. The zero-order valence-corrected chi connectivity index (χ0v) is 21.6. The first-order valence-corrected chi connectivity index (χ1v) is 12.9. The molecular formula is C26H31Cl3N2O3. The highest BCUT2D eigenvalue weighted by molar-refractivity contribution is 6.42. The summed E-state index contributed by atoms with van der Waals surface area (Å²) < 4.78 is 5.71. The maximum Gasteiger partial charge on any atom is 0.242 e. The number of nitrogens with one attached hydrogen (secondary N) is 1. The van der Waals surface area contributed by atoms with Crippen molar-refractivity contribution in [3.05, 3.63) is 63.1 Å². The molecule has 3 rings (SSSR count). The lowest BCUT2D eigenvalue weighted by Gasteiger charge is -2.31. The first-order chi connectivity index (χ1) is 16.3. The minimum Gasteiger partial charge on any atom is -0.494 e. The fraction of sp³-hybridized carbons (Fsp3) is 0.462. The molecule has 5 nitrogen and oxygen atoms in total. The largest absolute Gasteiger partial charge is 0.494 e. The molecule has 0 unspecified atom stereocenters. The van der Waals surface area contributed by atoms with Crippen molar-refractivity contribution in [2.75, 3.05) is 6.61 Å². The summed E-state index contributed by atoms with van der Waals surface area (Å²) in [7, 11) is 0. The van der Waals surface area contributed by atoms with E-state index in [1.807, 2.05) is 6.07 Å². The molecule has 34 heavy (non-hydrogen) atoms. The van der Waals surface area contributed by atoms with Crippen LogP contribution in [0.15, 0.2) is 42.5 Å². The second-order valence-corrected chi connectivity index (χ2v) is 9.95. The van der Waals surface area contributed by atoms with Crippen LogP contribution in [-0.2, 0) is 16.1 Å². The van der Waals surface area contributed by atoms with E-state index in [2.05, 4.69) is 5.32 Å². The van der Waals surface area contributed by atoms with E-state index in [0.29, 0.717) is 33.8 Å². The molecule has 2 aromatic carbocycles. The van der Waals surface area contributed by atoms with Crippen molar-refractivity contribution >= 4 is 46.6 Å². The molecule has 2 aromatic rings. The van der Waals surface area contributed by atoms with Gasteiger partial charge in [0.25, 0.3) is 0 Å². The van der Waals surface area contributed by atoms with E-state index in [9.17, 15) is 9.59 Å². The van der Waals surface area contributed by atoms with Crippen LogP contribution in [0.3, 0.4) is 0 Å². The zero-order valence-electron chi connectivity index (χ0n) is 19.4. The molecule has 0 saturated heterocycles. The third kappa shape index (κ3) is 8.07. The van der Waals surface area contributed by atoms with Gasteiger partial charge in [0.1, 0.15) is 11.8 Å². The van der Waals surface area contributed by atoms with Gasteiger partial charge < -0.3 is 15.0 Å². The first kappa shape index (κ1) is 26.7. The standard InChI is InChI=1S/C26H31Cl3N2O3/c1-18(26(33)30-21-6-3-2-4-7-21)31(17-19-9-14-23(28)24(29)16-19)25(32)8-5-15-34-22-12-10-20(27)11-13-22/h9-14,16,18,21H,2-8,15,17H2,1H3,(H,30,33)/t18-/m1/s1. The smallest absolute Gasteiger partial charge is 0.242 e. The Morgan fingerprint density at radius 3 is 2.41 bits per heavy atom. The molecule has 1 aliphatic rings. The van der Waals surface area contributed by atoms with E-state index >= 15 is 0 Å². The van der Waals surface area contributed by atoms with Crippen molar-refractivity contribution < 1.29 is 14.3 Å². The van der Waals surface area contributed by atoms with Gasteiger partial charge in [0.2, 0.25) is 11.8 Å². The second-order valence-electron chi connectivity index (χ2n) is 8.70. The van der Waals surface area contributed by atoms with Crippen molar-refractivity contribution in [2.24, 2.45) is 0 Å². The quantitative estimate of drug-likeness (QED) is 0.352. The second kappa shape index (κ2) is 13.2. The van der Waals surface area contributed by atoms with Gasteiger partial charge in [-0.25, -0.2) is 0 Å². The van der Waals surface area contributed by atoms with Crippen LogP contribution in [0, 0.1) is 0 Å². The Morgan fingerprint density at radius 2 is 1.74 bits per heavy atom. The van der Waals surface area contributed by atoms with Crippen LogP contribution in [0.4, 0.5) is 0 Å². The number of carbonyl (C=O) groups excluding carboxylic acids is 2. The Morgan fingerprint density at radius 1 is 1.03 bits per heavy atom. The summed E-state index contributed by atoms with van der Waals surface area (Å²) in [6.07, 6.45) is 6.22. The van der Waals surface area contributed by atoms with Gasteiger partial charge >= 0.3 is 0 Å². The third-order valence-corrected chi connectivity index (χ3v) is 7.06. The minimum absolute atomic E-state index is 0.114. The fourth-order valence-corrected chi connectivity index (χ4v) is 4.52. The maximum absolute atomic E-state index is 13.2. The average molecular weight is 526 g/mol. The number of amides is 2. The summed E-state index contributed by atoms with van der Waals surface area (Å²) >= 11 is 18.1. The lowest BCUT2D eigenvalue weighted by atomic mass is 9.95. The van der Waals surface area contributed by atoms with Gasteiger partial charge in [0.15, 0.2) is 0 Å². The van der Waals surface area contributed by atoms with E-state index in [1.54, 1.807) is 48.2 Å². The van der Waals surface area contributed by atoms with E-state index in [4.69, 9.17) is 39.5 Å². The predicted molar refractivity (Wildman–Crippen MR) is 138 cm³/mol. The number of ether oxygens (including phenoxy) is 1. The van der Waals surface area contributed by atoms with E-state index < -0.39 is 6.04 Å². The molecule has 0 aliphatic heterocycles. The summed E-state index contributed by atoms with van der Waals surface area (Å²) in [5, 5.41) is 4.65. The lowest BCUT2D eigenvalue weighted by Crippen LogP contribution is -2.50. The zero-order chi connectivity index (χ0) is 24.5. The van der Waals surface area contributed by atoms with Gasteiger partial charge in [-0.3, -0.25) is 9.59 Å². The Labute approximate surface area is 216 Å². The van der Waals surface area contributed by atoms with E-state index in [0.717, 1.165) is 31.2 Å².